The first-order valence-electron chi connectivity index (χ1n) is 16.1. The van der Waals surface area contributed by atoms with Crippen LogP contribution in [-0.4, -0.2) is 19.9 Å². The van der Waals surface area contributed by atoms with Crippen LogP contribution in [0.1, 0.15) is 0 Å². The van der Waals surface area contributed by atoms with Crippen LogP contribution in [0.5, 0.6) is 0 Å². The number of rotatable bonds is 8. The van der Waals surface area contributed by atoms with Crippen molar-refractivity contribution in [1.29, 1.82) is 0 Å². The minimum absolute atomic E-state index is 0.861. The summed E-state index contributed by atoms with van der Waals surface area (Å²) in [5, 5.41) is 0. The molecule has 0 saturated carbocycles. The fourth-order valence-electron chi connectivity index (χ4n) is 5.74. The van der Waals surface area contributed by atoms with Crippen LogP contribution >= 0.6 is 0 Å². The molecule has 0 N–H and O–H groups in total. The molecule has 0 bridgehead atoms. The molecule has 5 heteroatoms. The molecule has 0 aliphatic carbocycles. The average molecular weight is 807 g/mol. The van der Waals surface area contributed by atoms with Gasteiger partial charge in [-0.05, 0) is 0 Å². The van der Waals surface area contributed by atoms with Crippen molar-refractivity contribution >= 4 is 8.42 Å². The molecule has 49 heavy (non-hydrogen) atoms. The second-order valence-corrected chi connectivity index (χ2v) is 14.2. The van der Waals surface area contributed by atoms with Crippen LogP contribution in [0.3, 0.4) is 0 Å². The van der Waals surface area contributed by atoms with Gasteiger partial charge in [-0.15, -0.1) is 0 Å². The topological polar surface area (TPSA) is 51.6 Å². The molecule has 6 aromatic carbocycles. The van der Waals surface area contributed by atoms with E-state index < -0.39 is 17.7 Å². The third kappa shape index (κ3) is 6.50. The zero-order valence-corrected chi connectivity index (χ0v) is 28.8. The molecular formula is C44H30IrN4. The maximum absolute atomic E-state index is 5.53. The van der Waals surface area contributed by atoms with E-state index in [-0.39, 0.29) is 0 Å². The summed E-state index contributed by atoms with van der Waals surface area (Å²) in [5.41, 5.74) is 11.4. The van der Waals surface area contributed by atoms with Gasteiger partial charge < -0.3 is 0 Å². The molecule has 0 radical (unpaired) electrons. The third-order valence-electron chi connectivity index (χ3n) is 8.12. The van der Waals surface area contributed by atoms with Gasteiger partial charge >= 0.3 is 296 Å². The first-order chi connectivity index (χ1) is 24.3. The molecule has 8 rings (SSSR count). The standard InChI is InChI=1S/2C22H15N2.Ir/c2*1-4-10-17(11-5-1)20-16-23-21(18-12-6-2-7-13-18)22(24-20)19-14-8-3-9-15-19;/h2*1-15H;. The van der Waals surface area contributed by atoms with E-state index in [1.165, 1.54) is 0 Å². The zero-order chi connectivity index (χ0) is 32.8. The van der Waals surface area contributed by atoms with Crippen LogP contribution in [0.15, 0.2) is 182 Å². The predicted molar refractivity (Wildman–Crippen MR) is 196 cm³/mol. The third-order valence-corrected chi connectivity index (χ3v) is 10.9. The summed E-state index contributed by atoms with van der Waals surface area (Å²) in [4.78, 5) is 22.0. The van der Waals surface area contributed by atoms with Crippen LogP contribution in [0.25, 0.3) is 67.5 Å². The van der Waals surface area contributed by atoms with E-state index in [2.05, 4.69) is 146 Å². The minimum atomic E-state index is -1.19. The summed E-state index contributed by atoms with van der Waals surface area (Å²) in [5.74, 6) is 0. The molecular weight excluding hydrogens is 777 g/mol. The molecule has 0 spiro atoms. The Morgan fingerprint density at radius 1 is 0.224 bits per heavy atom. The van der Waals surface area contributed by atoms with Gasteiger partial charge in [0.05, 0.1) is 0 Å². The van der Waals surface area contributed by atoms with Crippen LogP contribution in [0, 0.1) is 0 Å². The molecule has 0 aliphatic heterocycles. The number of aromatic nitrogens is 4. The van der Waals surface area contributed by atoms with Gasteiger partial charge in [0.15, 0.2) is 0 Å². The van der Waals surface area contributed by atoms with Crippen LogP contribution in [0.4, 0.5) is 0 Å². The number of hydrogen-bond acceptors (Lipinski definition) is 4. The first-order valence-corrected chi connectivity index (χ1v) is 18.5. The summed E-state index contributed by atoms with van der Waals surface area (Å²) in [6, 6.07) is 62.2. The van der Waals surface area contributed by atoms with Crippen molar-refractivity contribution in [3.8, 4) is 67.5 Å². The van der Waals surface area contributed by atoms with Crippen molar-refractivity contribution in [2.45, 2.75) is 0 Å². The van der Waals surface area contributed by atoms with E-state index in [1.54, 1.807) is 0 Å². The van der Waals surface area contributed by atoms with E-state index in [1.807, 2.05) is 36.4 Å². The van der Waals surface area contributed by atoms with E-state index in [4.69, 9.17) is 19.9 Å². The van der Waals surface area contributed by atoms with Gasteiger partial charge in [-0.3, -0.25) is 0 Å². The normalized spacial score (nSPS) is 11.0. The Labute approximate surface area is 294 Å². The van der Waals surface area contributed by atoms with Gasteiger partial charge in [-0.25, -0.2) is 0 Å². The molecule has 235 valence electrons. The Balaban J connectivity index is 1.40. The number of benzene rings is 6. The second kappa shape index (κ2) is 14.1. The van der Waals surface area contributed by atoms with Gasteiger partial charge in [0.25, 0.3) is 0 Å². The molecule has 0 unspecified atom stereocenters. The SMILES string of the molecule is c1ccc(-c2nc(-c3ccccc3)c(-c3ccccc3)n[c]2[Ir][c]2nc(-c3ccccc3)c(-c3ccccc3)nc2-c2ccccc2)cc1. The Morgan fingerprint density at radius 3 is 0.673 bits per heavy atom. The van der Waals surface area contributed by atoms with Gasteiger partial charge in [0, 0.05) is 0 Å². The fraction of sp³-hybridized carbons (Fsp3) is 0. The Hall–Kier alpha value is -5.87. The molecule has 0 saturated heterocycles. The molecule has 0 amide bonds. The summed E-state index contributed by atoms with van der Waals surface area (Å²) < 4.78 is 1.92. The monoisotopic (exact) mass is 807 g/mol. The van der Waals surface area contributed by atoms with Gasteiger partial charge in [0.2, 0.25) is 0 Å². The summed E-state index contributed by atoms with van der Waals surface area (Å²) in [6.07, 6.45) is 0. The molecule has 0 fully saturated rings. The summed E-state index contributed by atoms with van der Waals surface area (Å²) >= 11 is -1.19. The molecule has 4 nitrogen and oxygen atoms in total. The molecule has 8 aromatic rings. The quantitative estimate of drug-likeness (QED) is 0.154. The first kappa shape index (κ1) is 30.5. The van der Waals surface area contributed by atoms with Crippen LogP contribution in [-0.2, 0) is 17.7 Å². The van der Waals surface area contributed by atoms with Crippen molar-refractivity contribution in [2.24, 2.45) is 0 Å². The van der Waals surface area contributed by atoms with Crippen molar-refractivity contribution in [3.05, 3.63) is 182 Å². The molecule has 2 aromatic heterocycles. The summed E-state index contributed by atoms with van der Waals surface area (Å²) in [7, 11) is 0. The van der Waals surface area contributed by atoms with Crippen molar-refractivity contribution < 1.29 is 17.7 Å². The molecule has 0 aliphatic rings. The second-order valence-electron chi connectivity index (χ2n) is 11.4. The van der Waals surface area contributed by atoms with Crippen molar-refractivity contribution in [1.82, 2.24) is 19.9 Å². The zero-order valence-electron chi connectivity index (χ0n) is 26.4. The van der Waals surface area contributed by atoms with E-state index in [0.717, 1.165) is 76.0 Å². The van der Waals surface area contributed by atoms with E-state index in [9.17, 15) is 0 Å². The van der Waals surface area contributed by atoms with Crippen molar-refractivity contribution in [3.63, 3.8) is 0 Å². The predicted octanol–water partition coefficient (Wildman–Crippen LogP) is 9.30. The van der Waals surface area contributed by atoms with Crippen molar-refractivity contribution in [2.75, 3.05) is 0 Å². The number of nitrogens with zero attached hydrogens (tertiary/aromatic N) is 4. The van der Waals surface area contributed by atoms with E-state index >= 15 is 0 Å². The van der Waals surface area contributed by atoms with Crippen LogP contribution in [0.2, 0.25) is 0 Å². The van der Waals surface area contributed by atoms with Crippen LogP contribution < -0.4 is 8.42 Å². The summed E-state index contributed by atoms with van der Waals surface area (Å²) in [6.45, 7) is 0. The average Bonchev–Trinajstić information content (AvgIpc) is 3.19. The molecule has 0 atom stereocenters. The molecule has 2 heterocycles. The Kier molecular flexibility index (Phi) is 8.76. The van der Waals surface area contributed by atoms with Gasteiger partial charge in [0.1, 0.15) is 0 Å². The van der Waals surface area contributed by atoms with Gasteiger partial charge in [-0.1, -0.05) is 0 Å². The Bertz CT molecular complexity index is 2150. The Morgan fingerprint density at radius 2 is 0.429 bits per heavy atom. The maximum atomic E-state index is 5.53. The fourth-order valence-corrected chi connectivity index (χ4v) is 8.61. The number of hydrogen-bond donors (Lipinski definition) is 0. The van der Waals surface area contributed by atoms with Gasteiger partial charge in [-0.2, -0.15) is 0 Å². The van der Waals surface area contributed by atoms with E-state index in [0.29, 0.717) is 0 Å².